The number of rotatable bonds is 5. The minimum absolute atomic E-state index is 0.326. The standard InChI is InChI=1S/C11H17ClS/c1-3-11(4-2,9-12)8-10-6-5-7-13-10/h5-7H,3-4,8-9H2,1-2H3. The summed E-state index contributed by atoms with van der Waals surface area (Å²) in [7, 11) is 0. The molecule has 0 bridgehead atoms. The Morgan fingerprint density at radius 1 is 1.38 bits per heavy atom. The van der Waals surface area contributed by atoms with E-state index in [9.17, 15) is 0 Å². The first-order valence-electron chi connectivity index (χ1n) is 4.84. The molecule has 0 fully saturated rings. The molecule has 13 heavy (non-hydrogen) atoms. The molecular weight excluding hydrogens is 200 g/mol. The summed E-state index contributed by atoms with van der Waals surface area (Å²) in [4.78, 5) is 1.46. The van der Waals surface area contributed by atoms with Gasteiger partial charge in [-0.2, -0.15) is 0 Å². The minimum atomic E-state index is 0.326. The zero-order valence-corrected chi connectivity index (χ0v) is 9.92. The molecule has 0 spiro atoms. The molecule has 74 valence electrons. The molecule has 0 amide bonds. The van der Waals surface area contributed by atoms with E-state index in [4.69, 9.17) is 11.6 Å². The van der Waals surface area contributed by atoms with Crippen LogP contribution in [0.25, 0.3) is 0 Å². The number of alkyl halides is 1. The van der Waals surface area contributed by atoms with Gasteiger partial charge in [0, 0.05) is 10.8 Å². The van der Waals surface area contributed by atoms with Gasteiger partial charge in [0.05, 0.1) is 0 Å². The highest BCUT2D eigenvalue weighted by Gasteiger charge is 2.25. The largest absolute Gasteiger partial charge is 0.149 e. The molecule has 1 rings (SSSR count). The Labute approximate surface area is 89.9 Å². The van der Waals surface area contributed by atoms with E-state index in [1.165, 1.54) is 17.7 Å². The van der Waals surface area contributed by atoms with Gasteiger partial charge in [0.25, 0.3) is 0 Å². The van der Waals surface area contributed by atoms with Gasteiger partial charge in [-0.05, 0) is 36.1 Å². The van der Waals surface area contributed by atoms with Gasteiger partial charge >= 0.3 is 0 Å². The lowest BCUT2D eigenvalue weighted by molar-refractivity contribution is 0.304. The van der Waals surface area contributed by atoms with Gasteiger partial charge in [0.15, 0.2) is 0 Å². The number of thiophene rings is 1. The number of hydrogen-bond donors (Lipinski definition) is 0. The molecule has 1 aromatic rings. The van der Waals surface area contributed by atoms with Crippen LogP contribution in [0.5, 0.6) is 0 Å². The normalized spacial score (nSPS) is 11.9. The molecule has 0 aliphatic carbocycles. The summed E-state index contributed by atoms with van der Waals surface area (Å²) in [6, 6.07) is 4.32. The molecule has 2 heteroatoms. The van der Waals surface area contributed by atoms with Crippen LogP contribution in [0.15, 0.2) is 17.5 Å². The second kappa shape index (κ2) is 5.02. The topological polar surface area (TPSA) is 0 Å². The predicted octanol–water partition coefficient (Wildman–Crippen LogP) is 4.34. The van der Waals surface area contributed by atoms with Crippen molar-refractivity contribution in [1.82, 2.24) is 0 Å². The molecule has 0 aliphatic heterocycles. The van der Waals surface area contributed by atoms with Crippen LogP contribution in [-0.4, -0.2) is 5.88 Å². The first-order valence-corrected chi connectivity index (χ1v) is 6.26. The second-order valence-corrected chi connectivity index (χ2v) is 4.90. The molecule has 0 radical (unpaired) electrons. The van der Waals surface area contributed by atoms with E-state index >= 15 is 0 Å². The third-order valence-electron chi connectivity index (χ3n) is 2.91. The van der Waals surface area contributed by atoms with E-state index in [0.717, 1.165) is 12.3 Å². The zero-order valence-electron chi connectivity index (χ0n) is 8.35. The summed E-state index contributed by atoms with van der Waals surface area (Å²) in [6.07, 6.45) is 3.48. The van der Waals surface area contributed by atoms with Crippen molar-refractivity contribution < 1.29 is 0 Å². The van der Waals surface area contributed by atoms with Crippen LogP contribution < -0.4 is 0 Å². The molecular formula is C11H17ClS. The molecule has 0 N–H and O–H groups in total. The van der Waals surface area contributed by atoms with Crippen LogP contribution in [0, 0.1) is 5.41 Å². The van der Waals surface area contributed by atoms with Crippen LogP contribution >= 0.6 is 22.9 Å². The summed E-state index contributed by atoms with van der Waals surface area (Å²) in [5, 5.41) is 2.14. The molecule has 0 saturated heterocycles. The maximum Gasteiger partial charge on any atom is 0.0283 e. The molecule has 0 aromatic carbocycles. The van der Waals surface area contributed by atoms with Crippen LogP contribution in [0.4, 0.5) is 0 Å². The SMILES string of the molecule is CCC(CC)(CCl)Cc1cccs1. The highest BCUT2D eigenvalue weighted by Crippen LogP contribution is 2.33. The summed E-state index contributed by atoms with van der Waals surface area (Å²) in [6.45, 7) is 4.47. The molecule has 0 unspecified atom stereocenters. The third-order valence-corrected chi connectivity index (χ3v) is 4.36. The molecule has 0 atom stereocenters. The quantitative estimate of drug-likeness (QED) is 0.643. The Morgan fingerprint density at radius 3 is 2.46 bits per heavy atom. The summed E-state index contributed by atoms with van der Waals surface area (Å²) in [5.41, 5.74) is 0.326. The fourth-order valence-electron chi connectivity index (χ4n) is 1.52. The van der Waals surface area contributed by atoms with Crippen molar-refractivity contribution in [1.29, 1.82) is 0 Å². The first kappa shape index (κ1) is 11.1. The van der Waals surface area contributed by atoms with Crippen molar-refractivity contribution in [3.05, 3.63) is 22.4 Å². The van der Waals surface area contributed by atoms with Crippen molar-refractivity contribution in [2.75, 3.05) is 5.88 Å². The highest BCUT2D eigenvalue weighted by molar-refractivity contribution is 7.09. The van der Waals surface area contributed by atoms with E-state index < -0.39 is 0 Å². The summed E-state index contributed by atoms with van der Waals surface area (Å²) in [5.74, 6) is 0.776. The fourth-order valence-corrected chi connectivity index (χ4v) is 2.87. The maximum atomic E-state index is 6.05. The molecule has 0 saturated carbocycles. The van der Waals surface area contributed by atoms with Crippen LogP contribution in [0.1, 0.15) is 31.6 Å². The van der Waals surface area contributed by atoms with E-state index in [1.807, 2.05) is 11.3 Å². The van der Waals surface area contributed by atoms with Crippen molar-refractivity contribution in [2.24, 2.45) is 5.41 Å². The predicted molar refractivity (Wildman–Crippen MR) is 61.8 cm³/mol. The Kier molecular flexibility index (Phi) is 4.27. The third kappa shape index (κ3) is 2.72. The van der Waals surface area contributed by atoms with Gasteiger partial charge < -0.3 is 0 Å². The van der Waals surface area contributed by atoms with Crippen molar-refractivity contribution in [2.45, 2.75) is 33.1 Å². The smallest absolute Gasteiger partial charge is 0.0283 e. The zero-order chi connectivity index (χ0) is 9.73. The van der Waals surface area contributed by atoms with Gasteiger partial charge in [-0.25, -0.2) is 0 Å². The van der Waals surface area contributed by atoms with Crippen LogP contribution in [-0.2, 0) is 6.42 Å². The molecule has 0 aliphatic rings. The Bertz CT molecular complexity index is 216. The van der Waals surface area contributed by atoms with E-state index in [0.29, 0.717) is 5.41 Å². The van der Waals surface area contributed by atoms with Crippen molar-refractivity contribution in [3.63, 3.8) is 0 Å². The van der Waals surface area contributed by atoms with Gasteiger partial charge in [-0.3, -0.25) is 0 Å². The second-order valence-electron chi connectivity index (χ2n) is 3.60. The fraction of sp³-hybridized carbons (Fsp3) is 0.636. The lowest BCUT2D eigenvalue weighted by atomic mass is 9.81. The van der Waals surface area contributed by atoms with E-state index in [1.54, 1.807) is 0 Å². The van der Waals surface area contributed by atoms with Gasteiger partial charge in [0.2, 0.25) is 0 Å². The number of halogens is 1. The van der Waals surface area contributed by atoms with Crippen LogP contribution in [0.3, 0.4) is 0 Å². The maximum absolute atomic E-state index is 6.05. The highest BCUT2D eigenvalue weighted by atomic mass is 35.5. The molecule has 1 heterocycles. The summed E-state index contributed by atoms with van der Waals surface area (Å²) < 4.78 is 0. The average molecular weight is 217 g/mol. The lowest BCUT2D eigenvalue weighted by Gasteiger charge is -2.28. The molecule has 0 nitrogen and oxygen atoms in total. The van der Waals surface area contributed by atoms with E-state index in [-0.39, 0.29) is 0 Å². The van der Waals surface area contributed by atoms with Crippen molar-refractivity contribution >= 4 is 22.9 Å². The minimum Gasteiger partial charge on any atom is -0.149 e. The van der Waals surface area contributed by atoms with Crippen molar-refractivity contribution in [3.8, 4) is 0 Å². The monoisotopic (exact) mass is 216 g/mol. The average Bonchev–Trinajstić information content (AvgIpc) is 2.67. The Morgan fingerprint density at radius 2 is 2.08 bits per heavy atom. The summed E-state index contributed by atoms with van der Waals surface area (Å²) >= 11 is 7.88. The lowest BCUT2D eigenvalue weighted by Crippen LogP contribution is -2.23. The van der Waals surface area contributed by atoms with Gasteiger partial charge in [-0.15, -0.1) is 22.9 Å². The van der Waals surface area contributed by atoms with E-state index in [2.05, 4.69) is 31.4 Å². The Balaban J connectivity index is 2.67. The number of hydrogen-bond acceptors (Lipinski definition) is 1. The Hall–Kier alpha value is -0.0100. The first-order chi connectivity index (χ1) is 6.26. The van der Waals surface area contributed by atoms with Gasteiger partial charge in [0.1, 0.15) is 0 Å². The van der Waals surface area contributed by atoms with Gasteiger partial charge in [-0.1, -0.05) is 19.9 Å². The van der Waals surface area contributed by atoms with Crippen LogP contribution in [0.2, 0.25) is 0 Å². The molecule has 1 aromatic heterocycles.